The lowest BCUT2D eigenvalue weighted by molar-refractivity contribution is 0.00724. The second-order valence-electron chi connectivity index (χ2n) is 10.5. The molecule has 0 bridgehead atoms. The molecule has 1 unspecified atom stereocenters. The van der Waals surface area contributed by atoms with Crippen molar-refractivity contribution >= 4 is 17.1 Å². The van der Waals surface area contributed by atoms with Crippen molar-refractivity contribution in [2.75, 3.05) is 13.1 Å². The first-order valence-electron chi connectivity index (χ1n) is 10.5. The molecule has 1 spiro atoms. The minimum atomic E-state index is -1.24. The molecular formula is C23H33N3O3S. The number of fused-ring (bicyclic) bond motifs is 1. The zero-order valence-corrected chi connectivity index (χ0v) is 19.7. The summed E-state index contributed by atoms with van der Waals surface area (Å²) in [5.74, 6) is 0. The van der Waals surface area contributed by atoms with Gasteiger partial charge in [0.1, 0.15) is 5.60 Å². The van der Waals surface area contributed by atoms with Gasteiger partial charge in [-0.05, 0) is 89.5 Å². The third-order valence-electron chi connectivity index (χ3n) is 5.93. The van der Waals surface area contributed by atoms with Gasteiger partial charge < -0.3 is 9.64 Å². The number of benzene rings is 1. The molecule has 0 saturated carbocycles. The molecule has 3 rings (SSSR count). The van der Waals surface area contributed by atoms with Crippen molar-refractivity contribution in [3.8, 4) is 6.07 Å². The van der Waals surface area contributed by atoms with E-state index in [-0.39, 0.29) is 17.6 Å². The Morgan fingerprint density at radius 2 is 1.87 bits per heavy atom. The number of nitrogens with one attached hydrogen (secondary N) is 1. The molecule has 30 heavy (non-hydrogen) atoms. The van der Waals surface area contributed by atoms with Gasteiger partial charge in [0.05, 0.1) is 33.4 Å². The van der Waals surface area contributed by atoms with Crippen molar-refractivity contribution < 1.29 is 13.7 Å². The molecule has 2 atom stereocenters. The number of carbonyl (C=O) groups excluding carboxylic acids is 1. The molecule has 1 heterocycles. The third kappa shape index (κ3) is 4.70. The fourth-order valence-corrected chi connectivity index (χ4v) is 5.25. The van der Waals surface area contributed by atoms with Crippen molar-refractivity contribution in [1.82, 2.24) is 9.62 Å². The minimum Gasteiger partial charge on any atom is -0.444 e. The van der Waals surface area contributed by atoms with Crippen LogP contribution < -0.4 is 4.72 Å². The summed E-state index contributed by atoms with van der Waals surface area (Å²) in [6.07, 6.45) is 2.17. The Balaban J connectivity index is 1.85. The second-order valence-corrected chi connectivity index (χ2v) is 12.5. The van der Waals surface area contributed by atoms with Crippen LogP contribution in [-0.4, -0.2) is 38.6 Å². The van der Waals surface area contributed by atoms with E-state index in [1.807, 2.05) is 59.7 Å². The van der Waals surface area contributed by atoms with Gasteiger partial charge in [0.2, 0.25) is 0 Å². The number of nitriles is 1. The average Bonchev–Trinajstić information content (AvgIpc) is 2.92. The summed E-state index contributed by atoms with van der Waals surface area (Å²) in [6.45, 7) is 12.7. The van der Waals surface area contributed by atoms with Crippen molar-refractivity contribution in [3.63, 3.8) is 0 Å². The number of rotatable bonds is 2. The van der Waals surface area contributed by atoms with Crippen LogP contribution in [0.1, 0.15) is 77.1 Å². The predicted octanol–water partition coefficient (Wildman–Crippen LogP) is 4.22. The van der Waals surface area contributed by atoms with Crippen LogP contribution in [0.2, 0.25) is 0 Å². The number of nitrogens with zero attached hydrogens (tertiary/aromatic N) is 2. The second kappa shape index (κ2) is 7.97. The average molecular weight is 432 g/mol. The molecule has 164 valence electrons. The van der Waals surface area contributed by atoms with Gasteiger partial charge in [-0.3, -0.25) is 0 Å². The fourth-order valence-electron chi connectivity index (χ4n) is 4.30. The number of hydrogen-bond acceptors (Lipinski definition) is 4. The van der Waals surface area contributed by atoms with Gasteiger partial charge in [0.25, 0.3) is 0 Å². The highest BCUT2D eigenvalue weighted by Crippen LogP contribution is 2.52. The van der Waals surface area contributed by atoms with E-state index in [0.29, 0.717) is 18.7 Å². The molecule has 1 aliphatic carbocycles. The first kappa shape index (κ1) is 22.8. The molecule has 1 aliphatic heterocycles. The summed E-state index contributed by atoms with van der Waals surface area (Å²) in [5.41, 5.74) is 2.23. The lowest BCUT2D eigenvalue weighted by atomic mass is 9.73. The van der Waals surface area contributed by atoms with Gasteiger partial charge >= 0.3 is 6.09 Å². The van der Waals surface area contributed by atoms with E-state index in [1.165, 1.54) is 5.56 Å². The summed E-state index contributed by atoms with van der Waals surface area (Å²) >= 11 is 0. The summed E-state index contributed by atoms with van der Waals surface area (Å²) in [4.78, 5) is 14.3. The molecule has 7 heteroatoms. The van der Waals surface area contributed by atoms with Crippen LogP contribution in [0.3, 0.4) is 0 Å². The van der Waals surface area contributed by atoms with Gasteiger partial charge in [0.15, 0.2) is 0 Å². The number of carbonyl (C=O) groups is 1. The molecule has 1 N–H and O–H groups in total. The highest BCUT2D eigenvalue weighted by Gasteiger charge is 2.49. The SMILES string of the molecule is CC(C)(C)OC(=O)N1CCC2(CC1)Cc1ccc(C#N)cc1[C@H]2NS(=O)C(C)(C)C. The van der Waals surface area contributed by atoms with E-state index in [9.17, 15) is 14.3 Å². The molecule has 6 nitrogen and oxygen atoms in total. The van der Waals surface area contributed by atoms with Crippen LogP contribution in [-0.2, 0) is 22.1 Å². The van der Waals surface area contributed by atoms with Crippen LogP contribution in [0.4, 0.5) is 4.79 Å². The van der Waals surface area contributed by atoms with Gasteiger partial charge in [-0.2, -0.15) is 5.26 Å². The number of likely N-dealkylation sites (tertiary alicyclic amines) is 1. The van der Waals surface area contributed by atoms with Crippen LogP contribution in [0.15, 0.2) is 18.2 Å². The highest BCUT2D eigenvalue weighted by atomic mass is 32.2. The molecule has 1 fully saturated rings. The number of amides is 1. The van der Waals surface area contributed by atoms with Gasteiger partial charge in [-0.1, -0.05) is 6.07 Å². The quantitative estimate of drug-likeness (QED) is 0.760. The molecule has 1 aromatic rings. The highest BCUT2D eigenvalue weighted by molar-refractivity contribution is 7.84. The van der Waals surface area contributed by atoms with E-state index >= 15 is 0 Å². The van der Waals surface area contributed by atoms with Crippen molar-refractivity contribution in [2.24, 2.45) is 5.41 Å². The largest absolute Gasteiger partial charge is 0.444 e. The zero-order chi connectivity index (χ0) is 22.3. The smallest absolute Gasteiger partial charge is 0.410 e. The molecule has 1 saturated heterocycles. The van der Waals surface area contributed by atoms with E-state index in [4.69, 9.17) is 4.74 Å². The fraction of sp³-hybridized carbons (Fsp3) is 0.652. The van der Waals surface area contributed by atoms with E-state index in [0.717, 1.165) is 24.8 Å². The Morgan fingerprint density at radius 1 is 1.23 bits per heavy atom. The summed E-state index contributed by atoms with van der Waals surface area (Å²) < 4.78 is 21.5. The Hall–Kier alpha value is -1.91. The van der Waals surface area contributed by atoms with Gasteiger partial charge in [-0.15, -0.1) is 0 Å². The molecule has 0 radical (unpaired) electrons. The van der Waals surface area contributed by atoms with E-state index in [1.54, 1.807) is 4.90 Å². The lowest BCUT2D eigenvalue weighted by Gasteiger charge is -2.44. The first-order chi connectivity index (χ1) is 13.8. The third-order valence-corrected chi connectivity index (χ3v) is 7.50. The summed E-state index contributed by atoms with van der Waals surface area (Å²) in [6, 6.07) is 7.92. The molecule has 0 aromatic heterocycles. The maximum absolute atomic E-state index is 13.0. The Labute approximate surface area is 182 Å². The normalized spacial score (nSPS) is 21.8. The maximum Gasteiger partial charge on any atom is 0.410 e. The molecule has 1 amide bonds. The predicted molar refractivity (Wildman–Crippen MR) is 118 cm³/mol. The molecular weight excluding hydrogens is 398 g/mol. The van der Waals surface area contributed by atoms with Gasteiger partial charge in [-0.25, -0.2) is 13.7 Å². The Morgan fingerprint density at radius 3 is 2.40 bits per heavy atom. The Kier molecular flexibility index (Phi) is 6.05. The summed E-state index contributed by atoms with van der Waals surface area (Å²) in [5, 5.41) is 9.37. The number of ether oxygens (including phenoxy) is 1. The summed E-state index contributed by atoms with van der Waals surface area (Å²) in [7, 11) is -1.24. The zero-order valence-electron chi connectivity index (χ0n) is 18.9. The lowest BCUT2D eigenvalue weighted by Crippen LogP contribution is -2.49. The van der Waals surface area contributed by atoms with Crippen LogP contribution in [0, 0.1) is 16.7 Å². The van der Waals surface area contributed by atoms with Crippen molar-refractivity contribution in [1.29, 1.82) is 5.26 Å². The van der Waals surface area contributed by atoms with Crippen molar-refractivity contribution in [2.45, 2.75) is 77.2 Å². The first-order valence-corrected chi connectivity index (χ1v) is 11.7. The van der Waals surface area contributed by atoms with Crippen molar-refractivity contribution in [3.05, 3.63) is 34.9 Å². The van der Waals surface area contributed by atoms with Crippen LogP contribution >= 0.6 is 0 Å². The number of piperidine rings is 1. The van der Waals surface area contributed by atoms with E-state index < -0.39 is 21.3 Å². The maximum atomic E-state index is 13.0. The molecule has 1 aromatic carbocycles. The van der Waals surface area contributed by atoms with Crippen LogP contribution in [0.5, 0.6) is 0 Å². The monoisotopic (exact) mass is 431 g/mol. The van der Waals surface area contributed by atoms with E-state index in [2.05, 4.69) is 10.8 Å². The van der Waals surface area contributed by atoms with Gasteiger partial charge in [0, 0.05) is 13.1 Å². The Bertz CT molecular complexity index is 884. The topological polar surface area (TPSA) is 82.4 Å². The minimum absolute atomic E-state index is 0.110. The van der Waals surface area contributed by atoms with Crippen LogP contribution in [0.25, 0.3) is 0 Å². The standard InChI is InChI=1S/C23H33N3O3S/c1-21(2,3)29-20(27)26-11-9-23(10-12-26)14-17-8-7-16(15-24)13-18(17)19(23)25-30(28)22(4,5)6/h7-8,13,19,25H,9-12,14H2,1-6H3/t19-,30?/m1/s1. The number of hydrogen-bond donors (Lipinski definition) is 1. The molecule has 2 aliphatic rings.